The number of hydrogen-bond donors (Lipinski definition) is 1. The van der Waals surface area contributed by atoms with Crippen LogP contribution < -0.4 is 5.32 Å². The van der Waals surface area contributed by atoms with E-state index in [9.17, 15) is 14.4 Å². The van der Waals surface area contributed by atoms with Gasteiger partial charge in [-0.15, -0.1) is 0 Å². The molecular formula is C11H10N2O4. The molecule has 1 spiro atoms. The Morgan fingerprint density at radius 2 is 2.12 bits per heavy atom. The Kier molecular flexibility index (Phi) is 1.89. The Morgan fingerprint density at radius 1 is 1.35 bits per heavy atom. The molecule has 0 atom stereocenters. The number of imide groups is 2. The van der Waals surface area contributed by atoms with E-state index in [1.807, 2.05) is 0 Å². The number of carbonyl (C=O) groups excluding carboxylic acids is 3. The molecule has 1 aromatic rings. The molecule has 0 unspecified atom stereocenters. The fourth-order valence-electron chi connectivity index (χ4n) is 2.01. The average Bonchev–Trinajstić information content (AvgIpc) is 2.95. The molecule has 2 heterocycles. The molecule has 4 amide bonds. The molecule has 17 heavy (non-hydrogen) atoms. The number of barbiturate groups is 1. The molecule has 0 radical (unpaired) electrons. The lowest BCUT2D eigenvalue weighted by atomic mass is 10.0. The van der Waals surface area contributed by atoms with E-state index in [1.54, 1.807) is 6.07 Å². The Morgan fingerprint density at radius 3 is 2.71 bits per heavy atom. The lowest BCUT2D eigenvalue weighted by Crippen LogP contribution is -2.58. The highest BCUT2D eigenvalue weighted by molar-refractivity contribution is 6.20. The Bertz CT molecular complexity index is 502. The number of nitrogens with zero attached hydrogens (tertiary/aromatic N) is 1. The van der Waals surface area contributed by atoms with E-state index >= 15 is 0 Å². The first-order valence-electron chi connectivity index (χ1n) is 5.32. The van der Waals surface area contributed by atoms with E-state index in [2.05, 4.69) is 5.32 Å². The summed E-state index contributed by atoms with van der Waals surface area (Å²) < 4.78 is 4.88. The van der Waals surface area contributed by atoms with Gasteiger partial charge >= 0.3 is 6.03 Å². The number of rotatable bonds is 2. The van der Waals surface area contributed by atoms with Crippen LogP contribution >= 0.6 is 0 Å². The molecule has 3 rings (SSSR count). The SMILES string of the molecule is O=C1NC(=O)C2(CC2)C(=O)N1Cc1ccoc1. The van der Waals surface area contributed by atoms with Crippen molar-refractivity contribution in [3.63, 3.8) is 0 Å². The second-order valence-corrected chi connectivity index (χ2v) is 4.36. The van der Waals surface area contributed by atoms with Crippen molar-refractivity contribution in [1.82, 2.24) is 10.2 Å². The zero-order valence-electron chi connectivity index (χ0n) is 8.93. The summed E-state index contributed by atoms with van der Waals surface area (Å²) >= 11 is 0. The van der Waals surface area contributed by atoms with Crippen LogP contribution in [-0.2, 0) is 16.1 Å². The van der Waals surface area contributed by atoms with Crippen molar-refractivity contribution >= 4 is 17.8 Å². The van der Waals surface area contributed by atoms with Crippen LogP contribution in [0.15, 0.2) is 23.0 Å². The summed E-state index contributed by atoms with van der Waals surface area (Å²) in [7, 11) is 0. The van der Waals surface area contributed by atoms with Crippen molar-refractivity contribution in [2.24, 2.45) is 5.41 Å². The third-order valence-corrected chi connectivity index (χ3v) is 3.23. The molecule has 2 fully saturated rings. The molecule has 1 saturated carbocycles. The maximum absolute atomic E-state index is 12.1. The molecule has 1 aliphatic heterocycles. The molecule has 1 aliphatic carbocycles. The molecule has 0 aromatic carbocycles. The van der Waals surface area contributed by atoms with Gasteiger partial charge in [0, 0.05) is 5.56 Å². The van der Waals surface area contributed by atoms with Crippen LogP contribution in [0.25, 0.3) is 0 Å². The van der Waals surface area contributed by atoms with Crippen molar-refractivity contribution in [1.29, 1.82) is 0 Å². The zero-order chi connectivity index (χ0) is 12.0. The van der Waals surface area contributed by atoms with Gasteiger partial charge in [-0.05, 0) is 18.9 Å². The van der Waals surface area contributed by atoms with Crippen molar-refractivity contribution in [3.8, 4) is 0 Å². The van der Waals surface area contributed by atoms with Gasteiger partial charge in [-0.1, -0.05) is 0 Å². The second kappa shape index (κ2) is 3.19. The summed E-state index contributed by atoms with van der Waals surface area (Å²) in [5.41, 5.74) is -0.254. The zero-order valence-corrected chi connectivity index (χ0v) is 8.93. The molecule has 2 aliphatic rings. The highest BCUT2D eigenvalue weighted by atomic mass is 16.3. The molecule has 6 nitrogen and oxygen atoms in total. The fraction of sp³-hybridized carbons (Fsp3) is 0.364. The Labute approximate surface area is 96.6 Å². The van der Waals surface area contributed by atoms with Crippen LogP contribution in [-0.4, -0.2) is 22.7 Å². The van der Waals surface area contributed by atoms with Gasteiger partial charge in [-0.25, -0.2) is 4.79 Å². The standard InChI is InChI=1S/C11H10N2O4/c14-8-11(2-3-11)9(15)13(10(16)12-8)5-7-1-4-17-6-7/h1,4,6H,2-3,5H2,(H,12,14,16). The first-order chi connectivity index (χ1) is 8.13. The normalized spacial score (nSPS) is 21.9. The van der Waals surface area contributed by atoms with Crippen LogP contribution in [0.5, 0.6) is 0 Å². The number of amides is 4. The Hall–Kier alpha value is -2.11. The number of hydrogen-bond acceptors (Lipinski definition) is 4. The Balaban J connectivity index is 1.86. The number of urea groups is 1. The smallest absolute Gasteiger partial charge is 0.331 e. The summed E-state index contributed by atoms with van der Waals surface area (Å²) in [4.78, 5) is 36.3. The van der Waals surface area contributed by atoms with Crippen LogP contribution in [0.3, 0.4) is 0 Å². The van der Waals surface area contributed by atoms with Crippen LogP contribution in [0, 0.1) is 5.41 Å². The van der Waals surface area contributed by atoms with E-state index in [0.29, 0.717) is 12.8 Å². The fourth-order valence-corrected chi connectivity index (χ4v) is 2.01. The lowest BCUT2D eigenvalue weighted by molar-refractivity contribution is -0.145. The van der Waals surface area contributed by atoms with Crippen molar-refractivity contribution in [2.45, 2.75) is 19.4 Å². The van der Waals surface area contributed by atoms with Crippen LogP contribution in [0.1, 0.15) is 18.4 Å². The topological polar surface area (TPSA) is 79.6 Å². The molecular weight excluding hydrogens is 224 g/mol. The van der Waals surface area contributed by atoms with Gasteiger partial charge in [-0.2, -0.15) is 0 Å². The van der Waals surface area contributed by atoms with E-state index in [0.717, 1.165) is 10.5 Å². The summed E-state index contributed by atoms with van der Waals surface area (Å²) in [5, 5.41) is 2.22. The van der Waals surface area contributed by atoms with E-state index in [4.69, 9.17) is 4.42 Å². The largest absolute Gasteiger partial charge is 0.472 e. The summed E-state index contributed by atoms with van der Waals surface area (Å²) in [6.07, 6.45) is 3.98. The minimum atomic E-state index is -0.975. The van der Waals surface area contributed by atoms with Gasteiger partial charge in [-0.3, -0.25) is 19.8 Å². The summed E-state index contributed by atoms with van der Waals surface area (Å²) in [6.45, 7) is 0.135. The van der Waals surface area contributed by atoms with Gasteiger partial charge in [0.1, 0.15) is 5.41 Å². The molecule has 88 valence electrons. The van der Waals surface area contributed by atoms with Gasteiger partial charge in [0.2, 0.25) is 11.8 Å². The van der Waals surface area contributed by atoms with E-state index < -0.39 is 23.3 Å². The predicted molar refractivity (Wildman–Crippen MR) is 54.5 cm³/mol. The monoisotopic (exact) mass is 234 g/mol. The molecule has 1 N–H and O–H groups in total. The average molecular weight is 234 g/mol. The predicted octanol–water partition coefficient (Wildman–Crippen LogP) is 0.638. The quantitative estimate of drug-likeness (QED) is 0.761. The number of carbonyl (C=O) groups is 3. The highest BCUT2D eigenvalue weighted by Gasteiger charge is 2.62. The van der Waals surface area contributed by atoms with Gasteiger partial charge in [0.25, 0.3) is 0 Å². The van der Waals surface area contributed by atoms with Gasteiger partial charge in [0.15, 0.2) is 0 Å². The second-order valence-electron chi connectivity index (χ2n) is 4.36. The van der Waals surface area contributed by atoms with Crippen LogP contribution in [0.4, 0.5) is 4.79 Å². The third kappa shape index (κ3) is 1.37. The van der Waals surface area contributed by atoms with Gasteiger partial charge < -0.3 is 4.42 Å². The van der Waals surface area contributed by atoms with E-state index in [1.165, 1.54) is 12.5 Å². The summed E-state index contributed by atoms with van der Waals surface area (Å²) in [6, 6.07) is 1.02. The van der Waals surface area contributed by atoms with Crippen molar-refractivity contribution in [3.05, 3.63) is 24.2 Å². The molecule has 6 heteroatoms. The lowest BCUT2D eigenvalue weighted by Gasteiger charge is -2.29. The maximum Gasteiger partial charge on any atom is 0.331 e. The van der Waals surface area contributed by atoms with Crippen molar-refractivity contribution in [2.75, 3.05) is 0 Å². The number of nitrogens with one attached hydrogen (secondary N) is 1. The minimum absolute atomic E-state index is 0.135. The van der Waals surface area contributed by atoms with Gasteiger partial charge in [0.05, 0.1) is 19.1 Å². The first-order valence-corrected chi connectivity index (χ1v) is 5.32. The maximum atomic E-state index is 12.1. The number of furan rings is 1. The summed E-state index contributed by atoms with van der Waals surface area (Å²) in [5.74, 6) is -0.858. The first kappa shape index (κ1) is 10.1. The van der Waals surface area contributed by atoms with Crippen molar-refractivity contribution < 1.29 is 18.8 Å². The van der Waals surface area contributed by atoms with E-state index in [-0.39, 0.29) is 6.54 Å². The van der Waals surface area contributed by atoms with Crippen LogP contribution in [0.2, 0.25) is 0 Å². The minimum Gasteiger partial charge on any atom is -0.472 e. The highest BCUT2D eigenvalue weighted by Crippen LogP contribution is 2.49. The molecule has 1 saturated heterocycles. The molecule has 1 aromatic heterocycles. The molecule has 0 bridgehead atoms. The third-order valence-electron chi connectivity index (χ3n) is 3.23.